The topological polar surface area (TPSA) is 54.3 Å². The number of rotatable bonds is 4. The Bertz CT molecular complexity index is 518. The van der Waals surface area contributed by atoms with E-state index >= 15 is 0 Å². The van der Waals surface area contributed by atoms with Gasteiger partial charge in [-0.05, 0) is 30.5 Å². The van der Waals surface area contributed by atoms with Crippen molar-refractivity contribution in [3.63, 3.8) is 0 Å². The van der Waals surface area contributed by atoms with Crippen LogP contribution in [0.4, 0.5) is 10.7 Å². The van der Waals surface area contributed by atoms with Gasteiger partial charge in [-0.1, -0.05) is 31.2 Å². The van der Waals surface area contributed by atoms with Gasteiger partial charge in [-0.25, -0.2) is 4.79 Å². The summed E-state index contributed by atoms with van der Waals surface area (Å²) in [5, 5.41) is 5.49. The van der Waals surface area contributed by atoms with Crippen LogP contribution in [0.1, 0.15) is 31.0 Å². The molecule has 2 aromatic rings. The fraction of sp³-hybridized carbons (Fsp3) is 0.267. The van der Waals surface area contributed by atoms with E-state index in [0.29, 0.717) is 5.88 Å². The molecule has 2 N–H and O–H groups in total. The molecule has 0 spiro atoms. The van der Waals surface area contributed by atoms with Gasteiger partial charge in [-0.15, -0.1) is 0 Å². The first kappa shape index (κ1) is 13.2. The Labute approximate surface area is 112 Å². The highest BCUT2D eigenvalue weighted by Gasteiger charge is 2.10. The van der Waals surface area contributed by atoms with Crippen molar-refractivity contribution >= 4 is 11.9 Å². The molecule has 0 aliphatic carbocycles. The third-order valence-electron chi connectivity index (χ3n) is 2.99. The molecule has 100 valence electrons. The largest absolute Gasteiger partial charge is 0.449 e. The first-order valence-corrected chi connectivity index (χ1v) is 6.39. The number of aryl methyl sites for hydroxylation is 1. The predicted molar refractivity (Wildman–Crippen MR) is 75.1 cm³/mol. The van der Waals surface area contributed by atoms with Crippen LogP contribution in [0.2, 0.25) is 0 Å². The molecular formula is C15H18N2O2. The number of urea groups is 1. The number of carbonyl (C=O) groups excluding carboxylic acids is 1. The minimum absolute atomic E-state index is 0.0548. The van der Waals surface area contributed by atoms with Gasteiger partial charge in [0.05, 0.1) is 12.3 Å². The molecule has 4 heteroatoms. The zero-order valence-electron chi connectivity index (χ0n) is 11.1. The maximum Gasteiger partial charge on any atom is 0.322 e. The standard InChI is InChI=1S/C15H18N2O2/c1-3-12-6-8-13(9-7-12)11(2)16-15(18)17-14-5-4-10-19-14/h4-11H,3H2,1-2H3,(H2,16,17,18). The van der Waals surface area contributed by atoms with Crippen molar-refractivity contribution < 1.29 is 9.21 Å². The van der Waals surface area contributed by atoms with Crippen LogP contribution in [0.3, 0.4) is 0 Å². The summed E-state index contributed by atoms with van der Waals surface area (Å²) < 4.78 is 5.05. The third-order valence-corrected chi connectivity index (χ3v) is 2.99. The normalized spacial score (nSPS) is 11.9. The van der Waals surface area contributed by atoms with E-state index in [2.05, 4.69) is 29.7 Å². The predicted octanol–water partition coefficient (Wildman–Crippen LogP) is 3.72. The van der Waals surface area contributed by atoms with Crippen LogP contribution in [0, 0.1) is 0 Å². The summed E-state index contributed by atoms with van der Waals surface area (Å²) in [6.45, 7) is 4.07. The monoisotopic (exact) mass is 258 g/mol. The Kier molecular flexibility index (Phi) is 4.23. The molecule has 4 nitrogen and oxygen atoms in total. The van der Waals surface area contributed by atoms with E-state index in [9.17, 15) is 4.79 Å². The molecule has 2 amide bonds. The van der Waals surface area contributed by atoms with Crippen molar-refractivity contribution in [1.29, 1.82) is 0 Å². The minimum atomic E-state index is -0.276. The van der Waals surface area contributed by atoms with Crippen LogP contribution in [0.5, 0.6) is 0 Å². The molecule has 2 rings (SSSR count). The second kappa shape index (κ2) is 6.09. The molecule has 0 saturated heterocycles. The molecule has 0 aliphatic heterocycles. The maximum atomic E-state index is 11.7. The van der Waals surface area contributed by atoms with Gasteiger partial charge in [0, 0.05) is 6.07 Å². The maximum absolute atomic E-state index is 11.7. The fourth-order valence-corrected chi connectivity index (χ4v) is 1.82. The van der Waals surface area contributed by atoms with Crippen LogP contribution in [-0.4, -0.2) is 6.03 Å². The number of hydrogen-bond donors (Lipinski definition) is 2. The highest BCUT2D eigenvalue weighted by molar-refractivity contribution is 5.88. The molecule has 0 radical (unpaired) electrons. The van der Waals surface area contributed by atoms with Crippen molar-refractivity contribution in [2.45, 2.75) is 26.3 Å². The van der Waals surface area contributed by atoms with Gasteiger partial charge >= 0.3 is 6.03 Å². The first-order valence-electron chi connectivity index (χ1n) is 6.39. The fourth-order valence-electron chi connectivity index (χ4n) is 1.82. The van der Waals surface area contributed by atoms with Crippen LogP contribution in [0.15, 0.2) is 47.1 Å². The molecular weight excluding hydrogens is 240 g/mol. The number of hydrogen-bond acceptors (Lipinski definition) is 2. The lowest BCUT2D eigenvalue weighted by molar-refractivity contribution is 0.249. The zero-order chi connectivity index (χ0) is 13.7. The quantitative estimate of drug-likeness (QED) is 0.878. The molecule has 0 aliphatic rings. The van der Waals surface area contributed by atoms with Crippen LogP contribution in [0.25, 0.3) is 0 Å². The molecule has 1 aromatic heterocycles. The second-order valence-corrected chi connectivity index (χ2v) is 4.39. The van der Waals surface area contributed by atoms with Crippen molar-refractivity contribution in [3.05, 3.63) is 53.8 Å². The molecule has 0 bridgehead atoms. The number of amides is 2. The number of furan rings is 1. The Morgan fingerprint density at radius 3 is 2.58 bits per heavy atom. The van der Waals surface area contributed by atoms with Gasteiger partial charge < -0.3 is 9.73 Å². The summed E-state index contributed by atoms with van der Waals surface area (Å²) in [7, 11) is 0. The van der Waals surface area contributed by atoms with Crippen molar-refractivity contribution in [2.75, 3.05) is 5.32 Å². The van der Waals surface area contributed by atoms with E-state index in [-0.39, 0.29) is 12.1 Å². The van der Waals surface area contributed by atoms with Gasteiger partial charge in [0.25, 0.3) is 0 Å². The van der Waals surface area contributed by atoms with E-state index in [4.69, 9.17) is 4.42 Å². The van der Waals surface area contributed by atoms with E-state index in [1.165, 1.54) is 11.8 Å². The summed E-state index contributed by atoms with van der Waals surface area (Å²) in [6, 6.07) is 11.3. The third kappa shape index (κ3) is 3.61. The Balaban J connectivity index is 1.92. The number of benzene rings is 1. The van der Waals surface area contributed by atoms with Gasteiger partial charge in [0.2, 0.25) is 5.88 Å². The molecule has 1 heterocycles. The smallest absolute Gasteiger partial charge is 0.322 e. The van der Waals surface area contributed by atoms with E-state index in [1.807, 2.05) is 19.1 Å². The SMILES string of the molecule is CCc1ccc(C(C)NC(=O)Nc2ccco2)cc1. The molecule has 1 aromatic carbocycles. The van der Waals surface area contributed by atoms with Crippen molar-refractivity contribution in [1.82, 2.24) is 5.32 Å². The van der Waals surface area contributed by atoms with Gasteiger partial charge in [-0.3, -0.25) is 5.32 Å². The summed E-state index contributed by atoms with van der Waals surface area (Å²) in [5.74, 6) is 0.436. The van der Waals surface area contributed by atoms with E-state index in [0.717, 1.165) is 12.0 Å². The zero-order valence-corrected chi connectivity index (χ0v) is 11.1. The first-order chi connectivity index (χ1) is 9.19. The Morgan fingerprint density at radius 2 is 2.00 bits per heavy atom. The molecule has 19 heavy (non-hydrogen) atoms. The lowest BCUT2D eigenvalue weighted by Gasteiger charge is -2.14. The molecule has 0 saturated carbocycles. The van der Waals surface area contributed by atoms with Crippen molar-refractivity contribution in [3.8, 4) is 0 Å². The van der Waals surface area contributed by atoms with Gasteiger partial charge in [-0.2, -0.15) is 0 Å². The summed E-state index contributed by atoms with van der Waals surface area (Å²) in [4.78, 5) is 11.7. The second-order valence-electron chi connectivity index (χ2n) is 4.39. The lowest BCUT2D eigenvalue weighted by Crippen LogP contribution is -2.30. The summed E-state index contributed by atoms with van der Waals surface area (Å²) in [6.07, 6.45) is 2.53. The van der Waals surface area contributed by atoms with Gasteiger partial charge in [0.15, 0.2) is 0 Å². The molecule has 0 fully saturated rings. The van der Waals surface area contributed by atoms with E-state index < -0.39 is 0 Å². The van der Waals surface area contributed by atoms with Crippen molar-refractivity contribution in [2.24, 2.45) is 0 Å². The van der Waals surface area contributed by atoms with Crippen LogP contribution < -0.4 is 10.6 Å². The lowest BCUT2D eigenvalue weighted by atomic mass is 10.1. The molecule has 1 atom stereocenters. The van der Waals surface area contributed by atoms with Gasteiger partial charge in [0.1, 0.15) is 0 Å². The molecule has 1 unspecified atom stereocenters. The minimum Gasteiger partial charge on any atom is -0.449 e. The van der Waals surface area contributed by atoms with Crippen LogP contribution >= 0.6 is 0 Å². The average Bonchev–Trinajstić information content (AvgIpc) is 2.91. The highest BCUT2D eigenvalue weighted by Crippen LogP contribution is 2.14. The Morgan fingerprint density at radius 1 is 1.26 bits per heavy atom. The summed E-state index contributed by atoms with van der Waals surface area (Å²) in [5.41, 5.74) is 2.36. The van der Waals surface area contributed by atoms with E-state index in [1.54, 1.807) is 12.1 Å². The number of carbonyl (C=O) groups is 1. The highest BCUT2D eigenvalue weighted by atomic mass is 16.3. The number of nitrogens with one attached hydrogen (secondary N) is 2. The Hall–Kier alpha value is -2.23. The van der Waals surface area contributed by atoms with Crippen LogP contribution in [-0.2, 0) is 6.42 Å². The summed E-state index contributed by atoms with van der Waals surface area (Å²) >= 11 is 0. The number of anilines is 1. The average molecular weight is 258 g/mol.